The first kappa shape index (κ1) is 24.3. The van der Waals surface area contributed by atoms with Crippen molar-refractivity contribution >= 4 is 52.4 Å². The van der Waals surface area contributed by atoms with E-state index in [-0.39, 0.29) is 11.1 Å². The third-order valence-corrected chi connectivity index (χ3v) is 7.51. The molecular formula is C25H26Cl3FN6. The monoisotopic (exact) mass is 534 g/mol. The van der Waals surface area contributed by atoms with Gasteiger partial charge in [0.15, 0.2) is 0 Å². The largest absolute Gasteiger partial charge is 0.352 e. The first-order chi connectivity index (χ1) is 16.8. The maximum Gasteiger partial charge on any atom is 0.228 e. The van der Waals surface area contributed by atoms with Crippen LogP contribution in [0, 0.1) is 5.82 Å². The molecule has 4 heterocycles. The highest BCUT2D eigenvalue weighted by atomic mass is 35.5. The summed E-state index contributed by atoms with van der Waals surface area (Å²) in [7, 11) is 0. The summed E-state index contributed by atoms with van der Waals surface area (Å²) in [6.07, 6.45) is 3.83. The second-order valence-corrected chi connectivity index (χ2v) is 10.4. The molecule has 3 aromatic rings. The number of pyridine rings is 1. The first-order valence-corrected chi connectivity index (χ1v) is 12.9. The lowest BCUT2D eigenvalue weighted by Gasteiger charge is -2.41. The van der Waals surface area contributed by atoms with Crippen molar-refractivity contribution in [3.63, 3.8) is 0 Å². The molecular weight excluding hydrogens is 510 g/mol. The molecule has 0 saturated carbocycles. The second kappa shape index (κ2) is 9.96. The molecule has 2 aromatic heterocycles. The van der Waals surface area contributed by atoms with E-state index in [9.17, 15) is 4.39 Å². The Bertz CT molecular complexity index is 1240. The van der Waals surface area contributed by atoms with Gasteiger partial charge in [-0.3, -0.25) is 0 Å². The number of nitrogens with zero attached hydrogens (tertiary/aromatic N) is 6. The number of piperazine rings is 1. The molecule has 2 fully saturated rings. The van der Waals surface area contributed by atoms with Crippen LogP contribution in [0.3, 0.4) is 0 Å². The zero-order valence-electron chi connectivity index (χ0n) is 19.6. The molecule has 0 aliphatic carbocycles. The fraction of sp³-hybridized carbons (Fsp3) is 0.400. The standard InChI is InChI=1S/C25H26Cl3FN6/c1-15-4-3-7-35(15)25-31-22(17-5-6-21(29)19(27)10-17)12-23(32-25)34-9-8-33(14-16(34)2)24-20(28)11-18(26)13-30-24/h5-6,10-13,15-16H,3-4,7-9,14H2,1-2H3/t15?,16-/m1/s1. The van der Waals surface area contributed by atoms with Crippen molar-refractivity contribution in [3.8, 4) is 11.3 Å². The third-order valence-electron chi connectivity index (χ3n) is 6.74. The molecule has 0 amide bonds. The van der Waals surface area contributed by atoms with Crippen molar-refractivity contribution in [3.05, 3.63) is 57.4 Å². The highest BCUT2D eigenvalue weighted by Gasteiger charge is 2.29. The molecule has 0 bridgehead atoms. The van der Waals surface area contributed by atoms with E-state index < -0.39 is 5.82 Å². The molecule has 2 saturated heterocycles. The van der Waals surface area contributed by atoms with Crippen LogP contribution in [0.5, 0.6) is 0 Å². The lowest BCUT2D eigenvalue weighted by Crippen LogP contribution is -2.52. The summed E-state index contributed by atoms with van der Waals surface area (Å²) >= 11 is 18.5. The number of benzene rings is 1. The Morgan fingerprint density at radius 3 is 2.43 bits per heavy atom. The number of rotatable bonds is 4. The molecule has 6 nitrogen and oxygen atoms in total. The zero-order chi connectivity index (χ0) is 24.7. The minimum Gasteiger partial charge on any atom is -0.352 e. The van der Waals surface area contributed by atoms with E-state index in [1.54, 1.807) is 24.4 Å². The topological polar surface area (TPSA) is 48.4 Å². The van der Waals surface area contributed by atoms with E-state index in [0.717, 1.165) is 61.9 Å². The van der Waals surface area contributed by atoms with Gasteiger partial charge in [0.2, 0.25) is 5.95 Å². The Labute approximate surface area is 219 Å². The molecule has 5 rings (SSSR count). The first-order valence-electron chi connectivity index (χ1n) is 11.7. The van der Waals surface area contributed by atoms with Crippen molar-refractivity contribution in [2.75, 3.05) is 40.9 Å². The summed E-state index contributed by atoms with van der Waals surface area (Å²) in [6, 6.07) is 8.89. The van der Waals surface area contributed by atoms with Crippen molar-refractivity contribution in [1.82, 2.24) is 15.0 Å². The normalized spacial score (nSPS) is 20.6. The molecule has 10 heteroatoms. The van der Waals surface area contributed by atoms with Gasteiger partial charge in [0.05, 0.1) is 20.8 Å². The fourth-order valence-electron chi connectivity index (χ4n) is 4.86. The lowest BCUT2D eigenvalue weighted by molar-refractivity contribution is 0.542. The van der Waals surface area contributed by atoms with Crippen molar-refractivity contribution in [2.24, 2.45) is 0 Å². The Hall–Kier alpha value is -2.35. The van der Waals surface area contributed by atoms with E-state index in [0.29, 0.717) is 22.0 Å². The number of hydrogen-bond acceptors (Lipinski definition) is 6. The van der Waals surface area contributed by atoms with Gasteiger partial charge in [0, 0.05) is 56.1 Å². The quantitative estimate of drug-likeness (QED) is 0.388. The summed E-state index contributed by atoms with van der Waals surface area (Å²) in [5, 5.41) is 1.14. The van der Waals surface area contributed by atoms with E-state index in [1.165, 1.54) is 6.07 Å². The van der Waals surface area contributed by atoms with Gasteiger partial charge < -0.3 is 14.7 Å². The Morgan fingerprint density at radius 1 is 0.914 bits per heavy atom. The van der Waals surface area contributed by atoms with Gasteiger partial charge in [-0.15, -0.1) is 0 Å². The number of halogens is 4. The molecule has 0 radical (unpaired) electrons. The van der Waals surface area contributed by atoms with E-state index in [4.69, 9.17) is 44.8 Å². The Balaban J connectivity index is 1.48. The highest BCUT2D eigenvalue weighted by Crippen LogP contribution is 2.33. The van der Waals surface area contributed by atoms with Crippen molar-refractivity contribution in [2.45, 2.75) is 38.8 Å². The van der Waals surface area contributed by atoms with Crippen molar-refractivity contribution in [1.29, 1.82) is 0 Å². The molecule has 184 valence electrons. The van der Waals surface area contributed by atoms with Crippen LogP contribution in [-0.4, -0.2) is 53.2 Å². The molecule has 1 aromatic carbocycles. The SMILES string of the molecule is CC1CCCN1c1nc(-c2ccc(F)c(Cl)c2)cc(N2CCN(c3ncc(Cl)cc3Cl)C[C@H]2C)n1. The smallest absolute Gasteiger partial charge is 0.228 e. The zero-order valence-corrected chi connectivity index (χ0v) is 21.8. The number of hydrogen-bond donors (Lipinski definition) is 0. The van der Waals surface area contributed by atoms with Gasteiger partial charge >= 0.3 is 0 Å². The minimum atomic E-state index is -0.447. The van der Waals surface area contributed by atoms with Crippen molar-refractivity contribution < 1.29 is 4.39 Å². The van der Waals surface area contributed by atoms with Crippen LogP contribution >= 0.6 is 34.8 Å². The molecule has 0 N–H and O–H groups in total. The maximum atomic E-state index is 13.8. The molecule has 2 aliphatic heterocycles. The van der Waals surface area contributed by atoms with Gasteiger partial charge in [-0.1, -0.05) is 34.8 Å². The summed E-state index contributed by atoms with van der Waals surface area (Å²) in [4.78, 5) is 21.0. The predicted molar refractivity (Wildman–Crippen MR) is 142 cm³/mol. The molecule has 2 aliphatic rings. The molecule has 2 atom stereocenters. The van der Waals surface area contributed by atoms with E-state index >= 15 is 0 Å². The second-order valence-electron chi connectivity index (χ2n) is 9.17. The van der Waals surface area contributed by atoms with Crippen LogP contribution in [0.15, 0.2) is 36.5 Å². The van der Waals surface area contributed by atoms with Crippen LogP contribution in [0.2, 0.25) is 15.1 Å². The van der Waals surface area contributed by atoms with Gasteiger partial charge in [0.25, 0.3) is 0 Å². The summed E-state index contributed by atoms with van der Waals surface area (Å²) in [5.41, 5.74) is 1.49. The minimum absolute atomic E-state index is 0.0769. The van der Waals surface area contributed by atoms with Crippen LogP contribution in [0.4, 0.5) is 22.0 Å². The number of aromatic nitrogens is 3. The van der Waals surface area contributed by atoms with Gasteiger partial charge in [-0.05, 0) is 51.0 Å². The number of anilines is 3. The average molecular weight is 536 g/mol. The van der Waals surface area contributed by atoms with Crippen LogP contribution in [-0.2, 0) is 0 Å². The molecule has 35 heavy (non-hydrogen) atoms. The Morgan fingerprint density at radius 2 is 1.74 bits per heavy atom. The molecule has 1 unspecified atom stereocenters. The van der Waals surface area contributed by atoms with Gasteiger partial charge in [-0.2, -0.15) is 4.98 Å². The predicted octanol–water partition coefficient (Wildman–Crippen LogP) is 6.34. The summed E-state index contributed by atoms with van der Waals surface area (Å²) in [5.74, 6) is 1.82. The lowest BCUT2D eigenvalue weighted by atomic mass is 10.1. The van der Waals surface area contributed by atoms with Crippen LogP contribution in [0.25, 0.3) is 11.3 Å². The van der Waals surface area contributed by atoms with Gasteiger partial charge in [-0.25, -0.2) is 14.4 Å². The van der Waals surface area contributed by atoms with Crippen LogP contribution < -0.4 is 14.7 Å². The fourth-order valence-corrected chi connectivity index (χ4v) is 5.54. The maximum absolute atomic E-state index is 13.8. The van der Waals surface area contributed by atoms with Crippen LogP contribution in [0.1, 0.15) is 26.7 Å². The molecule has 0 spiro atoms. The Kier molecular flexibility index (Phi) is 6.93. The summed E-state index contributed by atoms with van der Waals surface area (Å²) in [6.45, 7) is 7.46. The average Bonchev–Trinajstić information content (AvgIpc) is 3.26. The van der Waals surface area contributed by atoms with Gasteiger partial charge in [0.1, 0.15) is 17.5 Å². The highest BCUT2D eigenvalue weighted by molar-refractivity contribution is 6.36. The third kappa shape index (κ3) is 4.99. The van der Waals surface area contributed by atoms with E-state index in [2.05, 4.69) is 33.5 Å². The van der Waals surface area contributed by atoms with E-state index in [1.807, 2.05) is 6.07 Å². The summed E-state index contributed by atoms with van der Waals surface area (Å²) < 4.78 is 13.8.